The van der Waals surface area contributed by atoms with Gasteiger partial charge in [-0.25, -0.2) is 4.39 Å². The van der Waals surface area contributed by atoms with Gasteiger partial charge in [-0.1, -0.05) is 67.1 Å². The zero-order valence-electron chi connectivity index (χ0n) is 23.5. The lowest BCUT2D eigenvalue weighted by molar-refractivity contribution is -0.132. The van der Waals surface area contributed by atoms with Gasteiger partial charge >= 0.3 is 5.91 Å². The highest BCUT2D eigenvalue weighted by Crippen LogP contribution is 2.45. The number of carbonyl (C=O) groups is 2. The molecule has 5 rings (SSSR count). The van der Waals surface area contributed by atoms with Crippen molar-refractivity contribution in [2.24, 2.45) is 0 Å². The SMILES string of the molecule is CCCCCOc1ccc(C2/C(=C(\O)c3ccncc3)C(=O)C(=O)N2c2nnc(SCc3ccccc3F)s2)cc1OC. The summed E-state index contributed by atoms with van der Waals surface area (Å²) in [6.45, 7) is 2.63. The number of methoxy groups -OCH3 is 1. The zero-order chi connectivity index (χ0) is 30.3. The van der Waals surface area contributed by atoms with Crippen molar-refractivity contribution in [2.75, 3.05) is 18.6 Å². The summed E-state index contributed by atoms with van der Waals surface area (Å²) in [7, 11) is 1.51. The number of thioether (sulfide) groups is 1. The Morgan fingerprint density at radius 3 is 2.60 bits per heavy atom. The Morgan fingerprint density at radius 2 is 1.86 bits per heavy atom. The van der Waals surface area contributed by atoms with E-state index in [0.717, 1.165) is 30.6 Å². The number of anilines is 1. The van der Waals surface area contributed by atoms with Gasteiger partial charge in [0.1, 0.15) is 11.6 Å². The molecule has 1 atom stereocenters. The van der Waals surface area contributed by atoms with E-state index in [1.807, 2.05) is 0 Å². The number of hydrogen-bond donors (Lipinski definition) is 1. The van der Waals surface area contributed by atoms with E-state index < -0.39 is 17.7 Å². The maximum absolute atomic E-state index is 14.1. The number of carbonyl (C=O) groups excluding carboxylic acids is 2. The van der Waals surface area contributed by atoms with E-state index in [1.165, 1.54) is 42.2 Å². The summed E-state index contributed by atoms with van der Waals surface area (Å²) >= 11 is 2.37. The minimum Gasteiger partial charge on any atom is -0.507 e. The summed E-state index contributed by atoms with van der Waals surface area (Å²) in [6, 6.07) is 13.7. The quantitative estimate of drug-likeness (QED) is 0.0469. The van der Waals surface area contributed by atoms with Gasteiger partial charge in [0.2, 0.25) is 5.13 Å². The summed E-state index contributed by atoms with van der Waals surface area (Å²) < 4.78 is 26.2. The fraction of sp³-hybridized carbons (Fsp3) is 0.258. The van der Waals surface area contributed by atoms with Crippen LogP contribution < -0.4 is 14.4 Å². The number of unbranched alkanes of at least 4 members (excludes halogenated alkanes) is 2. The number of amides is 1. The van der Waals surface area contributed by atoms with Crippen LogP contribution in [-0.2, 0) is 15.3 Å². The van der Waals surface area contributed by atoms with Crippen LogP contribution in [0.3, 0.4) is 0 Å². The molecule has 1 N–H and O–H groups in total. The summed E-state index contributed by atoms with van der Waals surface area (Å²) in [4.78, 5) is 32.2. The molecule has 43 heavy (non-hydrogen) atoms. The number of ketones is 1. The Labute approximate surface area is 256 Å². The topological polar surface area (TPSA) is 115 Å². The third-order valence-electron chi connectivity index (χ3n) is 6.82. The normalized spacial score (nSPS) is 16.1. The molecule has 1 fully saturated rings. The van der Waals surface area contributed by atoms with E-state index >= 15 is 0 Å². The van der Waals surface area contributed by atoms with E-state index in [-0.39, 0.29) is 22.3 Å². The van der Waals surface area contributed by atoms with Crippen molar-refractivity contribution in [3.8, 4) is 11.5 Å². The number of aliphatic hydroxyl groups is 1. The fourth-order valence-electron chi connectivity index (χ4n) is 4.63. The molecule has 0 bridgehead atoms. The molecule has 4 aromatic rings. The molecule has 1 amide bonds. The molecule has 0 aliphatic carbocycles. The monoisotopic (exact) mass is 620 g/mol. The van der Waals surface area contributed by atoms with Gasteiger partial charge in [-0.15, -0.1) is 10.2 Å². The van der Waals surface area contributed by atoms with Crippen LogP contribution in [0, 0.1) is 5.82 Å². The molecule has 1 unspecified atom stereocenters. The first-order chi connectivity index (χ1) is 20.9. The summed E-state index contributed by atoms with van der Waals surface area (Å²) in [6.07, 6.45) is 5.95. The number of aromatic nitrogens is 3. The molecule has 0 spiro atoms. The first-order valence-electron chi connectivity index (χ1n) is 13.6. The minimum absolute atomic E-state index is 0.106. The van der Waals surface area contributed by atoms with Crippen LogP contribution in [-0.4, -0.2) is 45.7 Å². The number of ether oxygens (including phenoxy) is 2. The van der Waals surface area contributed by atoms with Crippen LogP contribution in [0.5, 0.6) is 11.5 Å². The van der Waals surface area contributed by atoms with E-state index in [9.17, 15) is 19.1 Å². The number of benzene rings is 2. The molecule has 1 aliphatic heterocycles. The van der Waals surface area contributed by atoms with E-state index in [1.54, 1.807) is 48.5 Å². The van der Waals surface area contributed by atoms with Gasteiger partial charge in [-0.05, 0) is 47.9 Å². The van der Waals surface area contributed by atoms with E-state index in [2.05, 4.69) is 22.1 Å². The molecule has 9 nitrogen and oxygen atoms in total. The van der Waals surface area contributed by atoms with Crippen LogP contribution in [0.4, 0.5) is 9.52 Å². The number of hydrogen-bond acceptors (Lipinski definition) is 10. The van der Waals surface area contributed by atoms with Crippen LogP contribution in [0.1, 0.15) is 48.9 Å². The van der Waals surface area contributed by atoms with Crippen LogP contribution in [0.15, 0.2) is 76.9 Å². The lowest BCUT2D eigenvalue weighted by atomic mass is 9.95. The molecule has 0 saturated carbocycles. The molecular formula is C31H29FN4O5S2. The second-order valence-corrected chi connectivity index (χ2v) is 11.8. The number of nitrogens with zero attached hydrogens (tertiary/aromatic N) is 4. The van der Waals surface area contributed by atoms with Gasteiger partial charge in [0.25, 0.3) is 5.78 Å². The molecular weight excluding hydrogens is 591 g/mol. The van der Waals surface area contributed by atoms with Gasteiger partial charge in [-0.2, -0.15) is 0 Å². The van der Waals surface area contributed by atoms with Crippen molar-refractivity contribution in [1.29, 1.82) is 0 Å². The van der Waals surface area contributed by atoms with Gasteiger partial charge in [-0.3, -0.25) is 19.5 Å². The molecule has 3 heterocycles. The first-order valence-corrected chi connectivity index (χ1v) is 15.4. The maximum atomic E-state index is 14.1. The number of halogens is 1. The van der Waals surface area contributed by atoms with Crippen LogP contribution >= 0.6 is 23.1 Å². The largest absolute Gasteiger partial charge is 0.507 e. The second-order valence-electron chi connectivity index (χ2n) is 9.60. The predicted octanol–water partition coefficient (Wildman–Crippen LogP) is 6.57. The number of Topliss-reactive ketones (excluding diaryl/α,β-unsaturated/α-hetero) is 1. The highest BCUT2D eigenvalue weighted by molar-refractivity contribution is 8.00. The Morgan fingerprint density at radius 1 is 1.07 bits per heavy atom. The van der Waals surface area contributed by atoms with Crippen LogP contribution in [0.25, 0.3) is 5.76 Å². The number of rotatable bonds is 12. The van der Waals surface area contributed by atoms with Gasteiger partial charge in [0.15, 0.2) is 15.8 Å². The molecule has 1 saturated heterocycles. The molecule has 2 aromatic heterocycles. The Bertz CT molecular complexity index is 1650. The molecule has 222 valence electrons. The van der Waals surface area contributed by atoms with Crippen molar-refractivity contribution in [2.45, 2.75) is 42.3 Å². The Hall–Kier alpha value is -4.29. The van der Waals surface area contributed by atoms with Crippen molar-refractivity contribution in [3.05, 3.63) is 95.1 Å². The summed E-state index contributed by atoms with van der Waals surface area (Å²) in [5.41, 5.74) is 1.24. The lowest BCUT2D eigenvalue weighted by Crippen LogP contribution is -2.29. The average Bonchev–Trinajstić information content (AvgIpc) is 3.60. The van der Waals surface area contributed by atoms with Gasteiger partial charge in [0.05, 0.1) is 25.3 Å². The third kappa shape index (κ3) is 6.55. The highest BCUT2D eigenvalue weighted by atomic mass is 32.2. The van der Waals surface area contributed by atoms with Crippen molar-refractivity contribution < 1.29 is 28.6 Å². The summed E-state index contributed by atoms with van der Waals surface area (Å²) in [5.74, 6) is -1.14. The molecule has 1 aliphatic rings. The standard InChI is InChI=1S/C31H29FN4O5S2/c1-3-4-7-16-41-23-11-10-20(17-24(23)40-2)26-25(27(37)19-12-14-33-15-13-19)28(38)29(39)36(26)30-34-35-31(43-30)42-18-21-8-5-6-9-22(21)32/h5-6,8-15,17,26,37H,3-4,7,16,18H2,1-2H3/b27-25+. The summed E-state index contributed by atoms with van der Waals surface area (Å²) in [5, 5.41) is 19.9. The first kappa shape index (κ1) is 30.2. The van der Waals surface area contributed by atoms with Crippen molar-refractivity contribution >= 4 is 45.7 Å². The fourth-order valence-corrected chi connectivity index (χ4v) is 6.49. The average molecular weight is 621 g/mol. The van der Waals surface area contributed by atoms with Gasteiger partial charge < -0.3 is 14.6 Å². The van der Waals surface area contributed by atoms with Crippen molar-refractivity contribution in [1.82, 2.24) is 15.2 Å². The molecule has 0 radical (unpaired) electrons. The van der Waals surface area contributed by atoms with E-state index in [4.69, 9.17) is 9.47 Å². The lowest BCUT2D eigenvalue weighted by Gasteiger charge is -2.23. The maximum Gasteiger partial charge on any atom is 0.301 e. The Balaban J connectivity index is 1.53. The Kier molecular flexibility index (Phi) is 9.68. The second kappa shape index (κ2) is 13.8. The molecule has 2 aromatic carbocycles. The molecule has 12 heteroatoms. The van der Waals surface area contributed by atoms with Gasteiger partial charge in [0, 0.05) is 23.7 Å². The number of pyridine rings is 1. The zero-order valence-corrected chi connectivity index (χ0v) is 25.2. The van der Waals surface area contributed by atoms with Crippen LogP contribution in [0.2, 0.25) is 0 Å². The number of aliphatic hydroxyl groups excluding tert-OH is 1. The van der Waals surface area contributed by atoms with Crippen molar-refractivity contribution in [3.63, 3.8) is 0 Å². The third-order valence-corrected chi connectivity index (χ3v) is 8.92. The predicted molar refractivity (Wildman–Crippen MR) is 163 cm³/mol. The minimum atomic E-state index is -1.03. The van der Waals surface area contributed by atoms with E-state index in [0.29, 0.717) is 44.9 Å². The highest BCUT2D eigenvalue weighted by Gasteiger charge is 2.48. The smallest absolute Gasteiger partial charge is 0.301 e.